The zero-order valence-corrected chi connectivity index (χ0v) is 21.8. The molecule has 0 aromatic carbocycles. The van der Waals surface area contributed by atoms with Gasteiger partial charge >= 0.3 is 0 Å². The lowest BCUT2D eigenvalue weighted by molar-refractivity contribution is 0.181. The standard InChI is InChI=1S/C25H50OS2/c1-17(2)13-21(9-11-27)19(4)18(3)14-22-15-24(25(6,7)8)20(5)23(22)16-28-12-10-26/h17-24,26-27H,9-16H2,1-8H3. The van der Waals surface area contributed by atoms with Crippen molar-refractivity contribution in [1.29, 1.82) is 0 Å². The topological polar surface area (TPSA) is 20.2 Å². The quantitative estimate of drug-likeness (QED) is 0.250. The smallest absolute Gasteiger partial charge is 0.0521 e. The molecule has 0 aromatic rings. The van der Waals surface area contributed by atoms with Gasteiger partial charge in [-0.1, -0.05) is 55.4 Å². The molecule has 7 atom stereocenters. The number of hydrogen-bond donors (Lipinski definition) is 2. The molecule has 3 heteroatoms. The summed E-state index contributed by atoms with van der Waals surface area (Å²) in [6.45, 7) is 19.9. The summed E-state index contributed by atoms with van der Waals surface area (Å²) in [6.07, 6.45) is 5.37. The molecule has 1 aliphatic carbocycles. The van der Waals surface area contributed by atoms with Gasteiger partial charge in [-0.05, 0) is 89.9 Å². The summed E-state index contributed by atoms with van der Waals surface area (Å²) >= 11 is 6.52. The van der Waals surface area contributed by atoms with E-state index >= 15 is 0 Å². The minimum Gasteiger partial charge on any atom is -0.396 e. The summed E-state index contributed by atoms with van der Waals surface area (Å²) in [4.78, 5) is 0. The number of rotatable bonds is 12. The Bertz CT molecular complexity index is 417. The van der Waals surface area contributed by atoms with E-state index in [1.54, 1.807) is 0 Å². The van der Waals surface area contributed by atoms with Crippen LogP contribution in [0, 0.1) is 52.8 Å². The molecule has 0 aromatic heterocycles. The van der Waals surface area contributed by atoms with Gasteiger partial charge in [0, 0.05) is 5.75 Å². The Kier molecular flexibility index (Phi) is 11.9. The van der Waals surface area contributed by atoms with Gasteiger partial charge < -0.3 is 5.11 Å². The van der Waals surface area contributed by atoms with E-state index in [0.717, 1.165) is 58.8 Å². The Labute approximate surface area is 187 Å². The first-order valence-corrected chi connectivity index (χ1v) is 13.6. The molecule has 1 nitrogen and oxygen atoms in total. The Morgan fingerprint density at radius 3 is 2.29 bits per heavy atom. The normalized spacial score (nSPS) is 29.2. The molecule has 0 radical (unpaired) electrons. The van der Waals surface area contributed by atoms with Crippen molar-refractivity contribution < 1.29 is 5.11 Å². The molecule has 0 bridgehead atoms. The van der Waals surface area contributed by atoms with Crippen molar-refractivity contribution in [3.8, 4) is 0 Å². The molecule has 1 N–H and O–H groups in total. The maximum atomic E-state index is 9.23. The molecule has 0 heterocycles. The van der Waals surface area contributed by atoms with Gasteiger partial charge in [-0.25, -0.2) is 0 Å². The fourth-order valence-corrected chi connectivity index (χ4v) is 7.43. The second kappa shape index (κ2) is 12.5. The zero-order valence-electron chi connectivity index (χ0n) is 20.1. The molecule has 168 valence electrons. The molecular weight excluding hydrogens is 380 g/mol. The third-order valence-electron chi connectivity index (χ3n) is 7.72. The summed E-state index contributed by atoms with van der Waals surface area (Å²) < 4.78 is 0. The van der Waals surface area contributed by atoms with Crippen molar-refractivity contribution in [1.82, 2.24) is 0 Å². The lowest BCUT2D eigenvalue weighted by Gasteiger charge is -2.33. The second-order valence-electron chi connectivity index (χ2n) is 11.3. The monoisotopic (exact) mass is 430 g/mol. The van der Waals surface area contributed by atoms with E-state index in [9.17, 15) is 5.11 Å². The fraction of sp³-hybridized carbons (Fsp3) is 1.00. The van der Waals surface area contributed by atoms with Crippen molar-refractivity contribution in [3.05, 3.63) is 0 Å². The van der Waals surface area contributed by atoms with E-state index in [4.69, 9.17) is 0 Å². The van der Waals surface area contributed by atoms with Crippen molar-refractivity contribution >= 4 is 24.4 Å². The van der Waals surface area contributed by atoms with Crippen LogP contribution in [-0.4, -0.2) is 29.0 Å². The Hall–Kier alpha value is 0.660. The minimum atomic E-state index is 0.313. The highest BCUT2D eigenvalue weighted by Crippen LogP contribution is 2.52. The Morgan fingerprint density at radius 2 is 1.79 bits per heavy atom. The van der Waals surface area contributed by atoms with Crippen LogP contribution in [0.5, 0.6) is 0 Å². The van der Waals surface area contributed by atoms with Crippen LogP contribution in [0.4, 0.5) is 0 Å². The van der Waals surface area contributed by atoms with Crippen molar-refractivity contribution in [3.63, 3.8) is 0 Å². The van der Waals surface area contributed by atoms with E-state index in [0.29, 0.717) is 12.0 Å². The van der Waals surface area contributed by atoms with Crippen LogP contribution in [0.1, 0.15) is 81.1 Å². The highest BCUT2D eigenvalue weighted by Gasteiger charge is 2.45. The first kappa shape index (κ1) is 26.7. The third-order valence-corrected chi connectivity index (χ3v) is 9.07. The summed E-state index contributed by atoms with van der Waals surface area (Å²) in [7, 11) is 0. The number of hydrogen-bond acceptors (Lipinski definition) is 3. The van der Waals surface area contributed by atoms with Gasteiger partial charge in [-0.2, -0.15) is 24.4 Å². The highest BCUT2D eigenvalue weighted by molar-refractivity contribution is 7.99. The van der Waals surface area contributed by atoms with Gasteiger partial charge in [-0.3, -0.25) is 0 Å². The van der Waals surface area contributed by atoms with Gasteiger partial charge in [0.15, 0.2) is 0 Å². The molecular formula is C25H50OS2. The van der Waals surface area contributed by atoms with Crippen LogP contribution in [0.15, 0.2) is 0 Å². The largest absolute Gasteiger partial charge is 0.396 e. The SMILES string of the molecule is CC(C)CC(CCS)C(C)C(C)CC1CC(C(C)(C)C)C(C)C1CSCCO. The molecule has 1 rings (SSSR count). The molecule has 1 saturated carbocycles. The molecule has 0 aliphatic heterocycles. The van der Waals surface area contributed by atoms with Crippen molar-refractivity contribution in [2.75, 3.05) is 23.9 Å². The zero-order chi connectivity index (χ0) is 21.5. The summed E-state index contributed by atoms with van der Waals surface area (Å²) in [5, 5.41) is 9.23. The van der Waals surface area contributed by atoms with E-state index in [2.05, 4.69) is 68.0 Å². The molecule has 0 amide bonds. The lowest BCUT2D eigenvalue weighted by Crippen LogP contribution is -2.26. The van der Waals surface area contributed by atoms with Gasteiger partial charge in [-0.15, -0.1) is 0 Å². The fourth-order valence-electron chi connectivity index (χ4n) is 5.95. The molecule has 0 saturated heterocycles. The van der Waals surface area contributed by atoms with Gasteiger partial charge in [0.25, 0.3) is 0 Å². The molecule has 1 aliphatic rings. The average molecular weight is 431 g/mol. The molecule has 1 fully saturated rings. The van der Waals surface area contributed by atoms with Crippen LogP contribution in [-0.2, 0) is 0 Å². The number of aliphatic hydroxyl groups excluding tert-OH is 1. The minimum absolute atomic E-state index is 0.313. The van der Waals surface area contributed by atoms with Crippen LogP contribution in [0.3, 0.4) is 0 Å². The second-order valence-corrected chi connectivity index (χ2v) is 12.9. The number of aliphatic hydroxyl groups is 1. The van der Waals surface area contributed by atoms with E-state index < -0.39 is 0 Å². The summed E-state index contributed by atoms with van der Waals surface area (Å²) in [5.41, 5.74) is 0.398. The first-order valence-electron chi connectivity index (χ1n) is 11.8. The van der Waals surface area contributed by atoms with Crippen LogP contribution in [0.2, 0.25) is 0 Å². The van der Waals surface area contributed by atoms with Crippen LogP contribution in [0.25, 0.3) is 0 Å². The van der Waals surface area contributed by atoms with E-state index in [-0.39, 0.29) is 0 Å². The molecule has 0 spiro atoms. The van der Waals surface area contributed by atoms with Crippen LogP contribution >= 0.6 is 24.4 Å². The van der Waals surface area contributed by atoms with Gasteiger partial charge in [0.1, 0.15) is 0 Å². The maximum Gasteiger partial charge on any atom is 0.0521 e. The predicted molar refractivity (Wildman–Crippen MR) is 132 cm³/mol. The van der Waals surface area contributed by atoms with Crippen LogP contribution < -0.4 is 0 Å². The van der Waals surface area contributed by atoms with Gasteiger partial charge in [0.05, 0.1) is 6.61 Å². The molecule has 28 heavy (non-hydrogen) atoms. The number of thiol groups is 1. The first-order chi connectivity index (χ1) is 13.0. The highest BCUT2D eigenvalue weighted by atomic mass is 32.2. The summed E-state index contributed by atoms with van der Waals surface area (Å²) in [5.74, 6) is 9.56. The van der Waals surface area contributed by atoms with E-state index in [1.165, 1.54) is 31.4 Å². The van der Waals surface area contributed by atoms with Gasteiger partial charge in [0.2, 0.25) is 0 Å². The molecule has 7 unspecified atom stereocenters. The predicted octanol–water partition coefficient (Wildman–Crippen LogP) is 7.29. The third kappa shape index (κ3) is 8.06. The Balaban J connectivity index is 2.84. The average Bonchev–Trinajstić information content (AvgIpc) is 2.90. The number of thioether (sulfide) groups is 1. The van der Waals surface area contributed by atoms with Crippen molar-refractivity contribution in [2.45, 2.75) is 81.1 Å². The van der Waals surface area contributed by atoms with Crippen molar-refractivity contribution in [2.24, 2.45) is 52.8 Å². The lowest BCUT2D eigenvalue weighted by atomic mass is 9.73. The van der Waals surface area contributed by atoms with E-state index in [1.807, 2.05) is 11.8 Å². The maximum absolute atomic E-state index is 9.23. The summed E-state index contributed by atoms with van der Waals surface area (Å²) in [6, 6.07) is 0. The Morgan fingerprint density at radius 1 is 1.14 bits per heavy atom.